The summed E-state index contributed by atoms with van der Waals surface area (Å²) in [6.07, 6.45) is 2.84. The van der Waals surface area contributed by atoms with E-state index in [0.29, 0.717) is 0 Å². The van der Waals surface area contributed by atoms with Gasteiger partial charge >= 0.3 is 0 Å². The van der Waals surface area contributed by atoms with Gasteiger partial charge in [-0.15, -0.1) is 0 Å². The van der Waals surface area contributed by atoms with Crippen molar-refractivity contribution in [3.63, 3.8) is 0 Å². The fourth-order valence-electron chi connectivity index (χ4n) is 1.37. The number of carboxylic acid groups (broad SMARTS) is 1. The third kappa shape index (κ3) is 7.59. The molecule has 0 unspecified atom stereocenters. The van der Waals surface area contributed by atoms with Crippen LogP contribution in [0.2, 0.25) is 0 Å². The van der Waals surface area contributed by atoms with E-state index in [4.69, 9.17) is 9.90 Å². The molecule has 0 amide bonds. The van der Waals surface area contributed by atoms with Crippen LogP contribution in [-0.2, 0) is 4.74 Å². The Morgan fingerprint density at radius 3 is 1.77 bits per heavy atom. The number of methoxy groups -OCH3 is 1. The van der Waals surface area contributed by atoms with Crippen LogP contribution in [0.4, 0.5) is 4.79 Å². The molecule has 0 N–H and O–H groups in total. The lowest BCUT2D eigenvalue weighted by atomic mass is 10.1. The molecule has 78 valence electrons. The van der Waals surface area contributed by atoms with E-state index >= 15 is 0 Å². The van der Waals surface area contributed by atoms with Crippen LogP contribution >= 0.6 is 0 Å². The third-order valence-corrected chi connectivity index (χ3v) is 2.19. The summed E-state index contributed by atoms with van der Waals surface area (Å²) in [6, 6.07) is 0. The Labute approximate surface area is 79.7 Å². The van der Waals surface area contributed by atoms with Crippen molar-refractivity contribution >= 4 is 6.16 Å². The molecule has 0 bridgehead atoms. The fraction of sp³-hybridized carbons (Fsp3) is 0.889. The van der Waals surface area contributed by atoms with E-state index < -0.39 is 6.16 Å². The zero-order valence-corrected chi connectivity index (χ0v) is 8.71. The summed E-state index contributed by atoms with van der Waals surface area (Å²) in [5.41, 5.74) is 0. The highest BCUT2D eigenvalue weighted by Gasteiger charge is 2.17. The first-order chi connectivity index (χ1) is 5.98. The van der Waals surface area contributed by atoms with E-state index in [1.54, 1.807) is 0 Å². The molecule has 13 heavy (non-hydrogen) atoms. The van der Waals surface area contributed by atoms with Gasteiger partial charge < -0.3 is 19.1 Å². The number of quaternary nitrogens is 1. The van der Waals surface area contributed by atoms with Gasteiger partial charge in [0.15, 0.2) is 0 Å². The molecule has 0 atom stereocenters. The maximum Gasteiger partial charge on any atom is 0.251 e. The van der Waals surface area contributed by atoms with Crippen molar-refractivity contribution in [2.24, 2.45) is 0 Å². The second-order valence-corrected chi connectivity index (χ2v) is 3.90. The molecule has 0 aromatic carbocycles. The molecule has 0 saturated carbocycles. The first-order valence-corrected chi connectivity index (χ1v) is 4.55. The minimum atomic E-state index is -1.50. The largest absolute Gasteiger partial charge is 0.553 e. The van der Waals surface area contributed by atoms with Gasteiger partial charge in [-0.25, -0.2) is 0 Å². The van der Waals surface area contributed by atoms with Gasteiger partial charge in [0.2, 0.25) is 0 Å². The zero-order valence-electron chi connectivity index (χ0n) is 8.71. The summed E-state index contributed by atoms with van der Waals surface area (Å²) in [7, 11) is 5.67. The Balaban J connectivity index is 0.000000252. The Morgan fingerprint density at radius 1 is 1.23 bits per heavy atom. The minimum Gasteiger partial charge on any atom is -0.553 e. The normalized spacial score (nSPS) is 19.6. The van der Waals surface area contributed by atoms with E-state index in [0.717, 1.165) is 7.11 Å². The molecule has 1 saturated heterocycles. The summed E-state index contributed by atoms with van der Waals surface area (Å²) in [6.45, 7) is 2.78. The zero-order chi connectivity index (χ0) is 10.3. The lowest BCUT2D eigenvalue weighted by molar-refractivity contribution is -0.894. The van der Waals surface area contributed by atoms with Crippen LogP contribution in [0.5, 0.6) is 0 Å². The van der Waals surface area contributed by atoms with Crippen molar-refractivity contribution in [3.05, 3.63) is 0 Å². The highest BCUT2D eigenvalue weighted by molar-refractivity contribution is 5.53. The van der Waals surface area contributed by atoms with Crippen LogP contribution in [0, 0.1) is 0 Å². The molecule has 4 heteroatoms. The Morgan fingerprint density at radius 2 is 1.62 bits per heavy atom. The molecule has 4 nitrogen and oxygen atoms in total. The lowest BCUT2D eigenvalue weighted by Crippen LogP contribution is -2.43. The lowest BCUT2D eigenvalue weighted by Gasteiger charge is -2.33. The molecule has 0 spiro atoms. The molecule has 1 rings (SSSR count). The second kappa shape index (κ2) is 5.80. The van der Waals surface area contributed by atoms with Gasteiger partial charge in [0, 0.05) is 7.11 Å². The van der Waals surface area contributed by atoms with Crippen LogP contribution in [0.15, 0.2) is 0 Å². The SMILES string of the molecule is COC(=O)[O-].C[N+]1(C)CCCCC1. The summed E-state index contributed by atoms with van der Waals surface area (Å²) in [5.74, 6) is 0. The highest BCUT2D eigenvalue weighted by Crippen LogP contribution is 2.12. The monoisotopic (exact) mass is 189 g/mol. The number of likely N-dealkylation sites (tertiary alicyclic amines) is 1. The summed E-state index contributed by atoms with van der Waals surface area (Å²) < 4.78 is 4.81. The standard InChI is InChI=1S/C7H16N.C2H4O3/c1-8(2)6-4-3-5-7-8;1-5-2(3)4/h3-7H2,1-2H3;1H3,(H,3,4)/q+1;/p-1. The molecular formula is C9H19NO3. The quantitative estimate of drug-likeness (QED) is 0.404. The molecule has 0 aliphatic carbocycles. The van der Waals surface area contributed by atoms with Crippen molar-refractivity contribution in [1.29, 1.82) is 0 Å². The second-order valence-electron chi connectivity index (χ2n) is 3.90. The van der Waals surface area contributed by atoms with Gasteiger partial charge in [-0.3, -0.25) is 0 Å². The van der Waals surface area contributed by atoms with Gasteiger partial charge in [-0.2, -0.15) is 0 Å². The molecule has 1 aliphatic heterocycles. The van der Waals surface area contributed by atoms with E-state index in [-0.39, 0.29) is 0 Å². The number of rotatable bonds is 0. The first kappa shape index (κ1) is 12.2. The Bertz CT molecular complexity index is 149. The maximum absolute atomic E-state index is 9.03. The fourth-order valence-corrected chi connectivity index (χ4v) is 1.37. The molecule has 1 fully saturated rings. The number of ether oxygens (including phenoxy) is 1. The number of carbonyl (C=O) groups is 1. The van der Waals surface area contributed by atoms with Gasteiger partial charge in [-0.05, 0) is 19.3 Å². The first-order valence-electron chi connectivity index (χ1n) is 4.55. The molecule has 0 aromatic heterocycles. The van der Waals surface area contributed by atoms with Gasteiger partial charge in [-0.1, -0.05) is 0 Å². The number of hydrogen-bond acceptors (Lipinski definition) is 3. The number of hydrogen-bond donors (Lipinski definition) is 0. The van der Waals surface area contributed by atoms with Gasteiger partial charge in [0.1, 0.15) is 0 Å². The van der Waals surface area contributed by atoms with E-state index in [2.05, 4.69) is 18.8 Å². The predicted octanol–water partition coefficient (Wildman–Crippen LogP) is 0.223. The third-order valence-electron chi connectivity index (χ3n) is 2.19. The van der Waals surface area contributed by atoms with Crippen molar-refractivity contribution < 1.29 is 19.1 Å². The topological polar surface area (TPSA) is 49.4 Å². The molecule has 1 aliphatic rings. The summed E-state index contributed by atoms with van der Waals surface area (Å²) in [4.78, 5) is 9.03. The van der Waals surface area contributed by atoms with Crippen molar-refractivity contribution in [2.45, 2.75) is 19.3 Å². The average molecular weight is 189 g/mol. The van der Waals surface area contributed by atoms with Crippen molar-refractivity contribution in [2.75, 3.05) is 34.3 Å². The Hall–Kier alpha value is -0.770. The number of nitrogens with zero attached hydrogens (tertiary/aromatic N) is 1. The average Bonchev–Trinajstić information content (AvgIpc) is 2.05. The van der Waals surface area contributed by atoms with E-state index in [1.807, 2.05) is 0 Å². The molecule has 0 aromatic rings. The number of piperidine rings is 1. The van der Waals surface area contributed by atoms with Gasteiger partial charge in [0.25, 0.3) is 6.16 Å². The predicted molar refractivity (Wildman–Crippen MR) is 48.1 cm³/mol. The molecule has 0 radical (unpaired) electrons. The van der Waals surface area contributed by atoms with E-state index in [1.165, 1.54) is 36.8 Å². The van der Waals surface area contributed by atoms with Crippen molar-refractivity contribution in [1.82, 2.24) is 0 Å². The summed E-state index contributed by atoms with van der Waals surface area (Å²) >= 11 is 0. The minimum absolute atomic E-state index is 1.04. The van der Waals surface area contributed by atoms with Gasteiger partial charge in [0.05, 0.1) is 27.2 Å². The van der Waals surface area contributed by atoms with Crippen LogP contribution in [0.1, 0.15) is 19.3 Å². The van der Waals surface area contributed by atoms with Crippen LogP contribution in [0.3, 0.4) is 0 Å². The van der Waals surface area contributed by atoms with Crippen molar-refractivity contribution in [3.8, 4) is 0 Å². The molecular weight excluding hydrogens is 170 g/mol. The van der Waals surface area contributed by atoms with Crippen LogP contribution < -0.4 is 5.11 Å². The van der Waals surface area contributed by atoms with Crippen LogP contribution in [0.25, 0.3) is 0 Å². The maximum atomic E-state index is 9.03. The molecule has 1 heterocycles. The van der Waals surface area contributed by atoms with Crippen LogP contribution in [-0.4, -0.2) is 44.9 Å². The highest BCUT2D eigenvalue weighted by atomic mass is 16.6. The van der Waals surface area contributed by atoms with E-state index in [9.17, 15) is 0 Å². The smallest absolute Gasteiger partial charge is 0.251 e. The number of carbonyl (C=O) groups excluding carboxylic acids is 1. The summed E-state index contributed by atoms with van der Waals surface area (Å²) in [5, 5.41) is 9.03. The Kier molecular flexibility index (Phi) is 5.46.